The number of ketones is 1. The van der Waals surface area contributed by atoms with E-state index in [4.69, 9.17) is 5.10 Å². The van der Waals surface area contributed by atoms with E-state index in [-0.39, 0.29) is 17.3 Å². The highest BCUT2D eigenvalue weighted by molar-refractivity contribution is 7.10. The molecule has 3 aromatic heterocycles. The van der Waals surface area contributed by atoms with E-state index in [0.717, 1.165) is 11.3 Å². The average molecular weight is 472 g/mol. The lowest BCUT2D eigenvalue weighted by Gasteiger charge is -2.34. The largest absolute Gasteiger partial charge is 0.478 e. The lowest BCUT2D eigenvalue weighted by atomic mass is 9.75. The minimum absolute atomic E-state index is 0.0947. The van der Waals surface area contributed by atoms with E-state index < -0.39 is 11.9 Å². The second-order valence-electron chi connectivity index (χ2n) is 8.55. The van der Waals surface area contributed by atoms with Gasteiger partial charge in [0.1, 0.15) is 11.6 Å². The number of nitrogens with one attached hydrogen (secondary N) is 2. The average Bonchev–Trinajstić information content (AvgIpc) is 3.60. The molecule has 0 spiro atoms. The molecule has 3 N–H and O–H groups in total. The number of hydrogen-bond donors (Lipinski definition) is 3. The van der Waals surface area contributed by atoms with Gasteiger partial charge in [-0.1, -0.05) is 18.2 Å². The van der Waals surface area contributed by atoms with E-state index in [1.807, 2.05) is 18.4 Å². The number of aromatic nitrogens is 4. The van der Waals surface area contributed by atoms with Crippen molar-refractivity contribution < 1.29 is 14.7 Å². The first-order valence-corrected chi connectivity index (χ1v) is 11.9. The molecule has 4 heterocycles. The molecule has 0 saturated carbocycles. The molecular formula is C25H21N5O3S. The van der Waals surface area contributed by atoms with Gasteiger partial charge < -0.3 is 15.4 Å². The van der Waals surface area contributed by atoms with Crippen LogP contribution in [-0.2, 0) is 4.79 Å². The third-order valence-corrected chi connectivity index (χ3v) is 7.60. The van der Waals surface area contributed by atoms with Crippen LogP contribution in [0.1, 0.15) is 57.0 Å². The van der Waals surface area contributed by atoms with E-state index in [0.29, 0.717) is 41.4 Å². The number of aromatic carboxylic acids is 1. The first-order chi connectivity index (χ1) is 16.5. The number of carboxylic acid groups (broad SMARTS) is 1. The highest BCUT2D eigenvalue weighted by atomic mass is 32.1. The number of rotatable bonds is 4. The molecule has 170 valence electrons. The van der Waals surface area contributed by atoms with Crippen LogP contribution in [0.3, 0.4) is 0 Å². The molecule has 0 fully saturated rings. The summed E-state index contributed by atoms with van der Waals surface area (Å²) < 4.78 is 1.65. The number of carbonyl (C=O) groups excluding carboxylic acids is 1. The van der Waals surface area contributed by atoms with E-state index in [1.165, 1.54) is 4.88 Å². The Hall–Kier alpha value is -3.98. The number of imidazole rings is 1. The van der Waals surface area contributed by atoms with Crippen molar-refractivity contribution in [1.82, 2.24) is 19.7 Å². The van der Waals surface area contributed by atoms with Gasteiger partial charge in [0.05, 0.1) is 22.9 Å². The molecule has 1 aliphatic carbocycles. The van der Waals surface area contributed by atoms with Crippen molar-refractivity contribution in [2.24, 2.45) is 0 Å². The summed E-state index contributed by atoms with van der Waals surface area (Å²) in [5, 5.41) is 20.0. The summed E-state index contributed by atoms with van der Waals surface area (Å²) in [6.07, 6.45) is 4.56. The SMILES string of the molecule is Cc1nn(-c2ccccc2C(=O)O)c2c1[C@@H](c1ncc[nH]1)C1=C(C[C@H](c3cccs3)CC1=O)N2. The first-order valence-electron chi connectivity index (χ1n) is 11.0. The Morgan fingerprint density at radius 2 is 2.06 bits per heavy atom. The molecule has 6 rings (SSSR count). The van der Waals surface area contributed by atoms with Crippen LogP contribution in [0.5, 0.6) is 0 Å². The van der Waals surface area contributed by atoms with Crippen LogP contribution in [0.4, 0.5) is 5.82 Å². The standard InChI is InChI=1S/C25H21N5O3S/c1-13-20-22(23-26-8-9-27-23)21-16(11-14(12-18(21)31)19-7-4-10-34-19)28-24(20)30(29-13)17-6-3-2-5-15(17)25(32)33/h2-10,14,22,28H,11-12H2,1H3,(H,26,27)(H,32,33)/t14-,22+/m0/s1. The van der Waals surface area contributed by atoms with Gasteiger partial charge in [-0.15, -0.1) is 11.3 Å². The van der Waals surface area contributed by atoms with Crippen molar-refractivity contribution in [2.75, 3.05) is 5.32 Å². The van der Waals surface area contributed by atoms with Crippen molar-refractivity contribution in [3.63, 3.8) is 0 Å². The summed E-state index contributed by atoms with van der Waals surface area (Å²) in [7, 11) is 0. The van der Waals surface area contributed by atoms with Crippen molar-refractivity contribution in [1.29, 1.82) is 0 Å². The van der Waals surface area contributed by atoms with Crippen LogP contribution < -0.4 is 5.32 Å². The molecule has 2 atom stereocenters. The van der Waals surface area contributed by atoms with Crippen molar-refractivity contribution >= 4 is 28.9 Å². The Kier molecular flexibility index (Phi) is 4.73. The minimum atomic E-state index is -1.03. The fourth-order valence-corrected chi connectivity index (χ4v) is 5.95. The highest BCUT2D eigenvalue weighted by Crippen LogP contribution is 2.49. The summed E-state index contributed by atoms with van der Waals surface area (Å²) in [5.41, 5.74) is 3.72. The van der Waals surface area contributed by atoms with Gasteiger partial charge in [0, 0.05) is 46.4 Å². The maximum Gasteiger partial charge on any atom is 0.337 e. The number of aryl methyl sites for hydroxylation is 1. The number of benzene rings is 1. The molecule has 4 aromatic rings. The second kappa shape index (κ2) is 7.81. The number of para-hydroxylation sites is 1. The first kappa shape index (κ1) is 20.6. The molecule has 2 aliphatic rings. The Labute approximate surface area is 199 Å². The molecule has 0 saturated heterocycles. The van der Waals surface area contributed by atoms with Crippen LogP contribution >= 0.6 is 11.3 Å². The Bertz CT molecular complexity index is 1450. The van der Waals surface area contributed by atoms with Crippen LogP contribution in [0.25, 0.3) is 5.69 Å². The molecular weight excluding hydrogens is 450 g/mol. The third kappa shape index (κ3) is 3.12. The van der Waals surface area contributed by atoms with Gasteiger partial charge >= 0.3 is 5.97 Å². The normalized spacial score (nSPS) is 19.5. The Morgan fingerprint density at radius 1 is 1.21 bits per heavy atom. The maximum atomic E-state index is 13.5. The van der Waals surface area contributed by atoms with Crippen molar-refractivity contribution in [3.05, 3.63) is 93.0 Å². The number of fused-ring (bicyclic) bond motifs is 1. The van der Waals surface area contributed by atoms with Gasteiger partial charge in [-0.05, 0) is 36.9 Å². The van der Waals surface area contributed by atoms with Gasteiger partial charge in [-0.3, -0.25) is 4.79 Å². The number of aromatic amines is 1. The number of nitrogens with zero attached hydrogens (tertiary/aromatic N) is 3. The van der Waals surface area contributed by atoms with Crippen molar-refractivity contribution in [3.8, 4) is 5.69 Å². The predicted octanol–water partition coefficient (Wildman–Crippen LogP) is 4.62. The zero-order valence-electron chi connectivity index (χ0n) is 18.3. The Morgan fingerprint density at radius 3 is 2.79 bits per heavy atom. The smallest absolute Gasteiger partial charge is 0.337 e. The fraction of sp³-hybridized carbons (Fsp3) is 0.200. The van der Waals surface area contributed by atoms with Crippen LogP contribution in [-0.4, -0.2) is 36.6 Å². The van der Waals surface area contributed by atoms with Crippen molar-refractivity contribution in [2.45, 2.75) is 31.6 Å². The predicted molar refractivity (Wildman–Crippen MR) is 128 cm³/mol. The van der Waals surface area contributed by atoms with E-state index in [9.17, 15) is 14.7 Å². The van der Waals surface area contributed by atoms with Crippen LogP contribution in [0, 0.1) is 6.92 Å². The molecule has 0 radical (unpaired) electrons. The van der Waals surface area contributed by atoms with E-state index in [1.54, 1.807) is 52.7 Å². The monoisotopic (exact) mass is 471 g/mol. The lowest BCUT2D eigenvalue weighted by Crippen LogP contribution is -2.30. The number of Topliss-reactive ketones (excluding diaryl/α,β-unsaturated/α-hetero) is 1. The Balaban J connectivity index is 1.55. The zero-order valence-corrected chi connectivity index (χ0v) is 19.1. The van der Waals surface area contributed by atoms with Gasteiger partial charge in [0.15, 0.2) is 5.78 Å². The van der Waals surface area contributed by atoms with E-state index >= 15 is 0 Å². The number of carbonyl (C=O) groups is 2. The maximum absolute atomic E-state index is 13.5. The molecule has 0 bridgehead atoms. The number of thiophene rings is 1. The van der Waals surface area contributed by atoms with E-state index in [2.05, 4.69) is 21.4 Å². The molecule has 1 aliphatic heterocycles. The summed E-state index contributed by atoms with van der Waals surface area (Å²) in [5.74, 6) is 0.113. The summed E-state index contributed by atoms with van der Waals surface area (Å²) in [6.45, 7) is 1.88. The molecule has 34 heavy (non-hydrogen) atoms. The van der Waals surface area contributed by atoms with Gasteiger partial charge in [0.25, 0.3) is 0 Å². The molecule has 0 amide bonds. The van der Waals surface area contributed by atoms with Gasteiger partial charge in [-0.2, -0.15) is 5.10 Å². The minimum Gasteiger partial charge on any atom is -0.478 e. The molecule has 0 unspecified atom stereocenters. The molecule has 1 aromatic carbocycles. The quantitative estimate of drug-likeness (QED) is 0.400. The number of hydrogen-bond acceptors (Lipinski definition) is 6. The number of carboxylic acids is 1. The van der Waals surface area contributed by atoms with Gasteiger partial charge in [0.2, 0.25) is 0 Å². The van der Waals surface area contributed by atoms with Crippen LogP contribution in [0.15, 0.2) is 65.4 Å². The lowest BCUT2D eigenvalue weighted by molar-refractivity contribution is -0.116. The third-order valence-electron chi connectivity index (χ3n) is 6.56. The van der Waals surface area contributed by atoms with Gasteiger partial charge in [-0.25, -0.2) is 14.5 Å². The zero-order chi connectivity index (χ0) is 23.4. The summed E-state index contributed by atoms with van der Waals surface area (Å²) >= 11 is 1.66. The number of allylic oxidation sites excluding steroid dienone is 2. The highest BCUT2D eigenvalue weighted by Gasteiger charge is 2.42. The number of H-pyrrole nitrogens is 1. The topological polar surface area (TPSA) is 113 Å². The second-order valence-corrected chi connectivity index (χ2v) is 9.53. The fourth-order valence-electron chi connectivity index (χ4n) is 5.12. The summed E-state index contributed by atoms with van der Waals surface area (Å²) in [6, 6.07) is 10.9. The molecule has 9 heteroatoms. The van der Waals surface area contributed by atoms with Crippen LogP contribution in [0.2, 0.25) is 0 Å². The molecule has 8 nitrogen and oxygen atoms in total. The number of anilines is 1. The summed E-state index contributed by atoms with van der Waals surface area (Å²) in [4.78, 5) is 34.4.